The topological polar surface area (TPSA) is 37.6 Å². The normalized spacial score (nSPS) is 20.8. The van der Waals surface area contributed by atoms with Crippen molar-refractivity contribution in [3.63, 3.8) is 0 Å². The Morgan fingerprint density at radius 1 is 1.53 bits per heavy atom. The van der Waals surface area contributed by atoms with Gasteiger partial charge >= 0.3 is 0 Å². The predicted molar refractivity (Wildman–Crippen MR) is 76.0 cm³/mol. The molecule has 0 radical (unpaired) electrons. The average molecular weight is 266 g/mol. The maximum Gasteiger partial charge on any atom is 0.122 e. The van der Waals surface area contributed by atoms with Crippen LogP contribution < -0.4 is 5.32 Å². The van der Waals surface area contributed by atoms with E-state index in [0.717, 1.165) is 45.0 Å². The molecule has 1 atom stereocenters. The van der Waals surface area contributed by atoms with E-state index in [4.69, 9.17) is 9.15 Å². The Bertz CT molecular complexity index is 365. The third kappa shape index (κ3) is 4.34. The van der Waals surface area contributed by atoms with Crippen LogP contribution in [0.15, 0.2) is 16.7 Å². The van der Waals surface area contributed by atoms with Crippen LogP contribution in [0.1, 0.15) is 37.5 Å². The van der Waals surface area contributed by atoms with E-state index in [1.54, 1.807) is 6.26 Å². The Labute approximate surface area is 116 Å². The highest BCUT2D eigenvalue weighted by molar-refractivity contribution is 5.17. The van der Waals surface area contributed by atoms with Crippen LogP contribution in [0.2, 0.25) is 0 Å². The Morgan fingerprint density at radius 2 is 2.42 bits per heavy atom. The van der Waals surface area contributed by atoms with Crippen molar-refractivity contribution in [2.24, 2.45) is 0 Å². The van der Waals surface area contributed by atoms with Crippen molar-refractivity contribution in [2.75, 3.05) is 26.7 Å². The minimum atomic E-state index is 0.411. The molecule has 108 valence electrons. The van der Waals surface area contributed by atoms with Crippen LogP contribution in [0.25, 0.3) is 0 Å². The van der Waals surface area contributed by atoms with Gasteiger partial charge in [0.25, 0.3) is 0 Å². The summed E-state index contributed by atoms with van der Waals surface area (Å²) < 4.78 is 11.4. The third-order valence-corrected chi connectivity index (χ3v) is 3.59. The molecular formula is C15H26N2O2. The van der Waals surface area contributed by atoms with Crippen LogP contribution in [-0.2, 0) is 17.8 Å². The summed E-state index contributed by atoms with van der Waals surface area (Å²) in [4.78, 5) is 2.48. The molecule has 0 spiro atoms. The maximum absolute atomic E-state index is 5.88. The van der Waals surface area contributed by atoms with Gasteiger partial charge in [-0.25, -0.2) is 0 Å². The molecule has 4 nitrogen and oxygen atoms in total. The molecule has 19 heavy (non-hydrogen) atoms. The van der Waals surface area contributed by atoms with E-state index in [1.165, 1.54) is 18.4 Å². The first-order valence-corrected chi connectivity index (χ1v) is 7.37. The molecule has 1 fully saturated rings. The van der Waals surface area contributed by atoms with E-state index in [-0.39, 0.29) is 0 Å². The van der Waals surface area contributed by atoms with Gasteiger partial charge in [-0.15, -0.1) is 0 Å². The highest BCUT2D eigenvalue weighted by Gasteiger charge is 2.21. The molecule has 0 aromatic carbocycles. The van der Waals surface area contributed by atoms with Crippen molar-refractivity contribution in [1.29, 1.82) is 0 Å². The van der Waals surface area contributed by atoms with Crippen molar-refractivity contribution in [3.8, 4) is 0 Å². The molecule has 1 N–H and O–H groups in total. The predicted octanol–water partition coefficient (Wildman–Crippen LogP) is 2.39. The molecule has 2 rings (SSSR count). The van der Waals surface area contributed by atoms with E-state index in [9.17, 15) is 0 Å². The Kier molecular flexibility index (Phi) is 5.89. The van der Waals surface area contributed by atoms with Gasteiger partial charge in [0.2, 0.25) is 0 Å². The molecule has 1 saturated heterocycles. The number of nitrogens with zero attached hydrogens (tertiary/aromatic N) is 1. The zero-order valence-electron chi connectivity index (χ0n) is 12.2. The van der Waals surface area contributed by atoms with Gasteiger partial charge < -0.3 is 14.5 Å². The van der Waals surface area contributed by atoms with E-state index < -0.39 is 0 Å². The molecule has 0 bridgehead atoms. The lowest BCUT2D eigenvalue weighted by Gasteiger charge is -2.32. The summed E-state index contributed by atoms with van der Waals surface area (Å²) in [7, 11) is 1.95. The number of ether oxygens (including phenoxy) is 1. The number of nitrogens with one attached hydrogen (secondary N) is 1. The monoisotopic (exact) mass is 266 g/mol. The Balaban J connectivity index is 1.85. The van der Waals surface area contributed by atoms with Crippen LogP contribution in [-0.4, -0.2) is 37.7 Å². The number of rotatable bonds is 7. The van der Waals surface area contributed by atoms with Gasteiger partial charge in [0.1, 0.15) is 5.76 Å². The molecule has 1 aliphatic heterocycles. The fraction of sp³-hybridized carbons (Fsp3) is 0.733. The van der Waals surface area contributed by atoms with E-state index in [2.05, 4.69) is 23.2 Å². The first kappa shape index (κ1) is 14.6. The third-order valence-electron chi connectivity index (χ3n) is 3.59. The highest BCUT2D eigenvalue weighted by atomic mass is 16.5. The Hall–Kier alpha value is -0.840. The minimum Gasteiger partial charge on any atom is -0.468 e. The zero-order chi connectivity index (χ0) is 13.5. The molecule has 1 aromatic rings. The fourth-order valence-electron chi connectivity index (χ4n) is 2.64. The molecule has 1 aliphatic rings. The SMILES string of the molecule is CCCOC1CCCN(Cc2ccoc2CNC)C1. The summed E-state index contributed by atoms with van der Waals surface area (Å²) in [6, 6.07) is 2.09. The number of furan rings is 1. The molecular weight excluding hydrogens is 240 g/mol. The summed E-state index contributed by atoms with van der Waals surface area (Å²) in [6.07, 6.45) is 5.73. The van der Waals surface area contributed by atoms with E-state index in [0.29, 0.717) is 6.10 Å². The van der Waals surface area contributed by atoms with Crippen molar-refractivity contribution < 1.29 is 9.15 Å². The second-order valence-electron chi connectivity index (χ2n) is 5.27. The molecule has 0 saturated carbocycles. The average Bonchev–Trinajstić information content (AvgIpc) is 2.85. The molecule has 0 aliphatic carbocycles. The Morgan fingerprint density at radius 3 is 3.21 bits per heavy atom. The highest BCUT2D eigenvalue weighted by Crippen LogP contribution is 2.19. The van der Waals surface area contributed by atoms with Crippen molar-refractivity contribution >= 4 is 0 Å². The lowest BCUT2D eigenvalue weighted by Crippen LogP contribution is -2.39. The summed E-state index contributed by atoms with van der Waals surface area (Å²) in [5, 5.41) is 3.15. The first-order valence-electron chi connectivity index (χ1n) is 7.37. The van der Waals surface area contributed by atoms with Crippen LogP contribution in [0.5, 0.6) is 0 Å². The number of likely N-dealkylation sites (tertiary alicyclic amines) is 1. The summed E-state index contributed by atoms with van der Waals surface area (Å²) >= 11 is 0. The summed E-state index contributed by atoms with van der Waals surface area (Å²) in [5.41, 5.74) is 1.30. The second-order valence-corrected chi connectivity index (χ2v) is 5.27. The van der Waals surface area contributed by atoms with Gasteiger partial charge in [-0.2, -0.15) is 0 Å². The summed E-state index contributed by atoms with van der Waals surface area (Å²) in [5.74, 6) is 1.05. The fourth-order valence-corrected chi connectivity index (χ4v) is 2.64. The number of piperidine rings is 1. The van der Waals surface area contributed by atoms with Crippen LogP contribution in [0.4, 0.5) is 0 Å². The standard InChI is InChI=1S/C15H26N2O2/c1-3-8-18-14-5-4-7-17(12-14)11-13-6-9-19-15(13)10-16-2/h6,9,14,16H,3-5,7-8,10-12H2,1-2H3. The van der Waals surface area contributed by atoms with Gasteiger partial charge in [0, 0.05) is 25.3 Å². The minimum absolute atomic E-state index is 0.411. The van der Waals surface area contributed by atoms with Crippen molar-refractivity contribution in [2.45, 2.75) is 45.4 Å². The molecule has 1 aromatic heterocycles. The van der Waals surface area contributed by atoms with Gasteiger partial charge in [0.05, 0.1) is 18.9 Å². The van der Waals surface area contributed by atoms with Gasteiger partial charge in [-0.3, -0.25) is 4.90 Å². The number of hydrogen-bond acceptors (Lipinski definition) is 4. The molecule has 1 unspecified atom stereocenters. The largest absolute Gasteiger partial charge is 0.468 e. The first-order chi connectivity index (χ1) is 9.33. The quantitative estimate of drug-likeness (QED) is 0.822. The smallest absolute Gasteiger partial charge is 0.122 e. The molecule has 0 amide bonds. The van der Waals surface area contributed by atoms with Crippen molar-refractivity contribution in [1.82, 2.24) is 10.2 Å². The van der Waals surface area contributed by atoms with Crippen LogP contribution in [0, 0.1) is 0 Å². The molecule has 2 heterocycles. The maximum atomic E-state index is 5.88. The van der Waals surface area contributed by atoms with Gasteiger partial charge in [0.15, 0.2) is 0 Å². The molecule has 4 heteroatoms. The summed E-state index contributed by atoms with van der Waals surface area (Å²) in [6.45, 7) is 7.02. The van der Waals surface area contributed by atoms with Crippen molar-refractivity contribution in [3.05, 3.63) is 23.7 Å². The van der Waals surface area contributed by atoms with E-state index >= 15 is 0 Å². The second kappa shape index (κ2) is 7.68. The zero-order valence-corrected chi connectivity index (χ0v) is 12.2. The lowest BCUT2D eigenvalue weighted by molar-refractivity contribution is -0.00235. The number of hydrogen-bond donors (Lipinski definition) is 1. The van der Waals surface area contributed by atoms with Gasteiger partial charge in [-0.05, 0) is 38.9 Å². The van der Waals surface area contributed by atoms with Crippen LogP contribution in [0.3, 0.4) is 0 Å². The lowest BCUT2D eigenvalue weighted by atomic mass is 10.1. The van der Waals surface area contributed by atoms with E-state index in [1.807, 2.05) is 7.05 Å². The van der Waals surface area contributed by atoms with Gasteiger partial charge in [-0.1, -0.05) is 6.92 Å². The van der Waals surface area contributed by atoms with Crippen LogP contribution >= 0.6 is 0 Å².